The van der Waals surface area contributed by atoms with Crippen molar-refractivity contribution in [1.82, 2.24) is 0 Å². The SMILES string of the molecule is COc1cccc(CC(C)OC(C)=O)c1. The Morgan fingerprint density at radius 2 is 2.20 bits per heavy atom. The monoisotopic (exact) mass is 208 g/mol. The molecule has 0 N–H and O–H groups in total. The Bertz CT molecular complexity index is 333. The fourth-order valence-electron chi connectivity index (χ4n) is 1.46. The molecule has 0 amide bonds. The third kappa shape index (κ3) is 4.02. The van der Waals surface area contributed by atoms with Crippen molar-refractivity contribution >= 4 is 5.97 Å². The molecule has 3 heteroatoms. The van der Waals surface area contributed by atoms with Crippen LogP contribution in [0.3, 0.4) is 0 Å². The average Bonchev–Trinajstić information content (AvgIpc) is 2.16. The number of methoxy groups -OCH3 is 1. The van der Waals surface area contributed by atoms with E-state index in [2.05, 4.69) is 0 Å². The van der Waals surface area contributed by atoms with Crippen molar-refractivity contribution in [2.24, 2.45) is 0 Å². The molecule has 0 aliphatic carbocycles. The van der Waals surface area contributed by atoms with E-state index in [1.165, 1.54) is 6.92 Å². The minimum atomic E-state index is -0.245. The maximum atomic E-state index is 10.7. The van der Waals surface area contributed by atoms with E-state index in [9.17, 15) is 4.79 Å². The van der Waals surface area contributed by atoms with Crippen molar-refractivity contribution in [2.45, 2.75) is 26.4 Å². The lowest BCUT2D eigenvalue weighted by molar-refractivity contribution is -0.145. The molecule has 1 aromatic carbocycles. The van der Waals surface area contributed by atoms with Crippen molar-refractivity contribution in [2.75, 3.05) is 7.11 Å². The van der Waals surface area contributed by atoms with Crippen LogP contribution in [0.25, 0.3) is 0 Å². The largest absolute Gasteiger partial charge is 0.497 e. The second-order valence-corrected chi connectivity index (χ2v) is 3.48. The van der Waals surface area contributed by atoms with Crippen LogP contribution >= 0.6 is 0 Å². The summed E-state index contributed by atoms with van der Waals surface area (Å²) in [6.45, 7) is 3.29. The minimum absolute atomic E-state index is 0.102. The molecule has 15 heavy (non-hydrogen) atoms. The van der Waals surface area contributed by atoms with Gasteiger partial charge in [-0.3, -0.25) is 4.79 Å². The summed E-state index contributed by atoms with van der Waals surface area (Å²) in [5, 5.41) is 0. The van der Waals surface area contributed by atoms with Crippen molar-refractivity contribution in [1.29, 1.82) is 0 Å². The summed E-state index contributed by atoms with van der Waals surface area (Å²) >= 11 is 0. The summed E-state index contributed by atoms with van der Waals surface area (Å²) in [7, 11) is 1.63. The Morgan fingerprint density at radius 3 is 2.80 bits per heavy atom. The molecule has 1 aromatic rings. The highest BCUT2D eigenvalue weighted by Gasteiger charge is 2.06. The number of esters is 1. The molecule has 1 atom stereocenters. The molecule has 0 spiro atoms. The first-order valence-electron chi connectivity index (χ1n) is 4.92. The van der Waals surface area contributed by atoms with Gasteiger partial charge in [-0.15, -0.1) is 0 Å². The van der Waals surface area contributed by atoms with Gasteiger partial charge in [0.15, 0.2) is 0 Å². The summed E-state index contributed by atoms with van der Waals surface area (Å²) in [4.78, 5) is 10.7. The quantitative estimate of drug-likeness (QED) is 0.711. The maximum absolute atomic E-state index is 10.7. The van der Waals surface area contributed by atoms with Gasteiger partial charge >= 0.3 is 5.97 Å². The predicted octanol–water partition coefficient (Wildman–Crippen LogP) is 2.19. The maximum Gasteiger partial charge on any atom is 0.302 e. The Hall–Kier alpha value is -1.51. The minimum Gasteiger partial charge on any atom is -0.497 e. The molecule has 0 aliphatic rings. The highest BCUT2D eigenvalue weighted by atomic mass is 16.5. The number of carbonyl (C=O) groups is 1. The summed E-state index contributed by atoms with van der Waals surface area (Å²) in [6, 6.07) is 7.75. The van der Waals surface area contributed by atoms with Gasteiger partial charge in [0, 0.05) is 13.3 Å². The normalized spacial score (nSPS) is 11.9. The molecule has 0 heterocycles. The van der Waals surface area contributed by atoms with E-state index in [1.807, 2.05) is 31.2 Å². The molecular formula is C12H16O3. The van der Waals surface area contributed by atoms with E-state index >= 15 is 0 Å². The van der Waals surface area contributed by atoms with Crippen LogP contribution in [0.5, 0.6) is 5.75 Å². The smallest absolute Gasteiger partial charge is 0.302 e. The van der Waals surface area contributed by atoms with Gasteiger partial charge in [0.05, 0.1) is 7.11 Å². The highest BCUT2D eigenvalue weighted by molar-refractivity contribution is 5.66. The number of hydrogen-bond donors (Lipinski definition) is 0. The second kappa shape index (κ2) is 5.39. The summed E-state index contributed by atoms with van der Waals surface area (Å²) in [5.74, 6) is 0.577. The number of benzene rings is 1. The lowest BCUT2D eigenvalue weighted by Crippen LogP contribution is -2.14. The standard InChI is InChI=1S/C12H16O3/c1-9(15-10(2)13)7-11-5-4-6-12(8-11)14-3/h4-6,8-9H,7H2,1-3H3. The lowest BCUT2D eigenvalue weighted by atomic mass is 10.1. The molecule has 0 bridgehead atoms. The Kier molecular flexibility index (Phi) is 4.16. The first-order valence-corrected chi connectivity index (χ1v) is 4.92. The van der Waals surface area contributed by atoms with Crippen LogP contribution in [0.4, 0.5) is 0 Å². The first-order chi connectivity index (χ1) is 7.11. The van der Waals surface area contributed by atoms with Crippen molar-refractivity contribution in [3.05, 3.63) is 29.8 Å². The Labute approximate surface area is 90.0 Å². The van der Waals surface area contributed by atoms with E-state index in [0.717, 1.165) is 11.3 Å². The molecule has 0 aromatic heterocycles. The fraction of sp³-hybridized carbons (Fsp3) is 0.417. The van der Waals surface area contributed by atoms with Gasteiger partial charge in [-0.2, -0.15) is 0 Å². The van der Waals surface area contributed by atoms with Crippen LogP contribution in [-0.2, 0) is 16.0 Å². The van der Waals surface area contributed by atoms with Gasteiger partial charge in [0.2, 0.25) is 0 Å². The van der Waals surface area contributed by atoms with Crippen LogP contribution < -0.4 is 4.74 Å². The van der Waals surface area contributed by atoms with Crippen LogP contribution in [0.15, 0.2) is 24.3 Å². The zero-order chi connectivity index (χ0) is 11.3. The Morgan fingerprint density at radius 1 is 1.47 bits per heavy atom. The van der Waals surface area contributed by atoms with Gasteiger partial charge in [0.1, 0.15) is 11.9 Å². The van der Waals surface area contributed by atoms with Crippen LogP contribution in [0.2, 0.25) is 0 Å². The van der Waals surface area contributed by atoms with Crippen LogP contribution in [0.1, 0.15) is 19.4 Å². The van der Waals surface area contributed by atoms with Gasteiger partial charge in [-0.05, 0) is 24.6 Å². The third-order valence-corrected chi connectivity index (χ3v) is 2.02. The molecule has 1 unspecified atom stereocenters. The van der Waals surface area contributed by atoms with Gasteiger partial charge < -0.3 is 9.47 Å². The van der Waals surface area contributed by atoms with E-state index in [-0.39, 0.29) is 12.1 Å². The number of hydrogen-bond acceptors (Lipinski definition) is 3. The summed E-state index contributed by atoms with van der Waals surface area (Å²) < 4.78 is 10.2. The second-order valence-electron chi connectivity index (χ2n) is 3.48. The van der Waals surface area contributed by atoms with E-state index in [4.69, 9.17) is 9.47 Å². The summed E-state index contributed by atoms with van der Waals surface area (Å²) in [6.07, 6.45) is 0.603. The molecule has 82 valence electrons. The van der Waals surface area contributed by atoms with E-state index in [0.29, 0.717) is 6.42 Å². The first kappa shape index (κ1) is 11.6. The van der Waals surface area contributed by atoms with Gasteiger partial charge in [-0.25, -0.2) is 0 Å². The van der Waals surface area contributed by atoms with Gasteiger partial charge in [0.25, 0.3) is 0 Å². The van der Waals surface area contributed by atoms with Crippen molar-refractivity contribution in [3.63, 3.8) is 0 Å². The molecule has 0 aliphatic heterocycles. The van der Waals surface area contributed by atoms with E-state index < -0.39 is 0 Å². The fourth-order valence-corrected chi connectivity index (χ4v) is 1.46. The third-order valence-electron chi connectivity index (χ3n) is 2.02. The number of rotatable bonds is 4. The van der Waals surface area contributed by atoms with Gasteiger partial charge in [-0.1, -0.05) is 12.1 Å². The molecule has 1 rings (SSSR count). The molecule has 0 fully saturated rings. The zero-order valence-electron chi connectivity index (χ0n) is 9.32. The average molecular weight is 208 g/mol. The zero-order valence-corrected chi connectivity index (χ0v) is 9.32. The molecule has 3 nitrogen and oxygen atoms in total. The van der Waals surface area contributed by atoms with Crippen molar-refractivity contribution in [3.8, 4) is 5.75 Å². The summed E-state index contributed by atoms with van der Waals surface area (Å²) in [5.41, 5.74) is 1.10. The highest BCUT2D eigenvalue weighted by Crippen LogP contribution is 2.14. The number of carbonyl (C=O) groups excluding carboxylic acids is 1. The van der Waals surface area contributed by atoms with E-state index in [1.54, 1.807) is 7.11 Å². The lowest BCUT2D eigenvalue weighted by Gasteiger charge is -2.12. The molecule has 0 saturated carbocycles. The Balaban J connectivity index is 2.59. The van der Waals surface area contributed by atoms with Crippen LogP contribution in [-0.4, -0.2) is 19.2 Å². The number of ether oxygens (including phenoxy) is 2. The molecule has 0 saturated heterocycles. The molecular weight excluding hydrogens is 192 g/mol. The predicted molar refractivity (Wildman–Crippen MR) is 57.9 cm³/mol. The van der Waals surface area contributed by atoms with Crippen molar-refractivity contribution < 1.29 is 14.3 Å². The molecule has 0 radical (unpaired) electrons. The van der Waals surface area contributed by atoms with Crippen LogP contribution in [0, 0.1) is 0 Å². The topological polar surface area (TPSA) is 35.5 Å².